The third-order valence-corrected chi connectivity index (χ3v) is 2.45. The van der Waals surface area contributed by atoms with E-state index in [1.54, 1.807) is 30.3 Å². The summed E-state index contributed by atoms with van der Waals surface area (Å²) < 4.78 is 13.8. The number of H-pyrrole nitrogens is 1. The Morgan fingerprint density at radius 3 is 2.62 bits per heavy atom. The van der Waals surface area contributed by atoms with Crippen LogP contribution in [0.1, 0.15) is 22.2 Å². The quantitative estimate of drug-likeness (QED) is 0.836. The number of aromatic amines is 1. The number of halogens is 2. The van der Waals surface area contributed by atoms with Crippen LogP contribution in [0.3, 0.4) is 0 Å². The van der Waals surface area contributed by atoms with Crippen molar-refractivity contribution in [1.82, 2.24) is 10.2 Å². The predicted octanol–water partition coefficient (Wildman–Crippen LogP) is 2.96. The number of aromatic nitrogens is 2. The average molecular weight is 239 g/mol. The maximum absolute atomic E-state index is 13.8. The van der Waals surface area contributed by atoms with Gasteiger partial charge in [0.2, 0.25) is 12.0 Å². The maximum atomic E-state index is 13.8. The van der Waals surface area contributed by atoms with Crippen molar-refractivity contribution in [1.29, 1.82) is 0 Å². The third-order valence-electron chi connectivity index (χ3n) is 2.15. The number of Topliss-reactive ketones (excluding diaryl/α,β-unsaturated/α-hetero) is 1. The zero-order chi connectivity index (χ0) is 11.5. The lowest BCUT2D eigenvalue weighted by atomic mass is 10.1. The lowest BCUT2D eigenvalue weighted by molar-refractivity contribution is 0.0874. The van der Waals surface area contributed by atoms with E-state index in [0.717, 1.165) is 0 Å². The van der Waals surface area contributed by atoms with Crippen LogP contribution in [0.5, 0.6) is 0 Å². The molecule has 1 atom stereocenters. The normalized spacial score (nSPS) is 12.4. The molecule has 1 aromatic carbocycles. The molecule has 16 heavy (non-hydrogen) atoms. The summed E-state index contributed by atoms with van der Waals surface area (Å²) in [6.07, 6.45) is -0.497. The number of alkyl halides is 1. The summed E-state index contributed by atoms with van der Waals surface area (Å²) in [5, 5.41) is 6.14. The molecule has 0 bridgehead atoms. The van der Waals surface area contributed by atoms with E-state index in [-0.39, 0.29) is 10.7 Å². The minimum Gasteiger partial charge on any atom is -0.290 e. The van der Waals surface area contributed by atoms with Crippen molar-refractivity contribution >= 4 is 17.4 Å². The maximum Gasteiger partial charge on any atom is 0.208 e. The van der Waals surface area contributed by atoms with E-state index < -0.39 is 12.0 Å². The van der Waals surface area contributed by atoms with Crippen molar-refractivity contribution in [2.45, 2.75) is 6.17 Å². The number of carbonyl (C=O) groups is 1. The van der Waals surface area contributed by atoms with Crippen LogP contribution >= 0.6 is 11.6 Å². The zero-order valence-corrected chi connectivity index (χ0v) is 8.91. The lowest BCUT2D eigenvalue weighted by Gasteiger charge is -2.04. The number of carbonyl (C=O) groups excluding carboxylic acids is 1. The van der Waals surface area contributed by atoms with Gasteiger partial charge in [0.25, 0.3) is 0 Å². The Kier molecular flexibility index (Phi) is 3.01. The van der Waals surface area contributed by atoms with E-state index in [9.17, 15) is 9.18 Å². The monoisotopic (exact) mass is 238 g/mol. The second kappa shape index (κ2) is 4.45. The largest absolute Gasteiger partial charge is 0.290 e. The van der Waals surface area contributed by atoms with Crippen molar-refractivity contribution in [3.63, 3.8) is 0 Å². The van der Waals surface area contributed by atoms with Gasteiger partial charge in [-0.2, -0.15) is 5.10 Å². The summed E-state index contributed by atoms with van der Waals surface area (Å²) in [6, 6.07) is 8.20. The number of benzene rings is 1. The molecule has 1 N–H and O–H groups in total. The second-order valence-electron chi connectivity index (χ2n) is 3.21. The van der Waals surface area contributed by atoms with Crippen molar-refractivity contribution in [3.05, 3.63) is 52.8 Å². The van der Waals surface area contributed by atoms with Gasteiger partial charge < -0.3 is 0 Å². The number of hydrogen-bond donors (Lipinski definition) is 1. The molecule has 3 nitrogen and oxygen atoms in total. The van der Waals surface area contributed by atoms with Gasteiger partial charge in [-0.25, -0.2) is 4.39 Å². The summed E-state index contributed by atoms with van der Waals surface area (Å²) in [5.74, 6) is -0.644. The third kappa shape index (κ3) is 1.97. The Balaban J connectivity index is 2.27. The number of rotatable bonds is 3. The second-order valence-corrected chi connectivity index (χ2v) is 3.62. The summed E-state index contributed by atoms with van der Waals surface area (Å²) in [6.45, 7) is 0. The van der Waals surface area contributed by atoms with Gasteiger partial charge in [-0.1, -0.05) is 41.9 Å². The summed E-state index contributed by atoms with van der Waals surface area (Å²) in [4.78, 5) is 11.7. The smallest absolute Gasteiger partial charge is 0.208 e. The summed E-state index contributed by atoms with van der Waals surface area (Å²) in [5.41, 5.74) is 0.226. The van der Waals surface area contributed by atoms with Gasteiger partial charge in [-0.3, -0.25) is 9.89 Å². The first-order valence-electron chi connectivity index (χ1n) is 4.62. The molecule has 0 aliphatic carbocycles. The predicted molar refractivity (Wildman–Crippen MR) is 58.2 cm³/mol. The van der Waals surface area contributed by atoms with Crippen LogP contribution in [0.2, 0.25) is 5.02 Å². The van der Waals surface area contributed by atoms with Gasteiger partial charge >= 0.3 is 0 Å². The molecule has 1 unspecified atom stereocenters. The first kappa shape index (κ1) is 10.8. The van der Waals surface area contributed by atoms with E-state index in [1.165, 1.54) is 6.20 Å². The topological polar surface area (TPSA) is 45.8 Å². The standard InChI is InChI=1S/C11H8ClFN2O/c12-8-6-14-15-10(8)9(13)11(16)7-4-2-1-3-5-7/h1-6,9H,(H,14,15). The van der Waals surface area contributed by atoms with E-state index in [2.05, 4.69) is 10.2 Å². The Bertz CT molecular complexity index is 498. The molecule has 5 heteroatoms. The molecule has 1 heterocycles. The van der Waals surface area contributed by atoms with Crippen LogP contribution in [0.4, 0.5) is 4.39 Å². The van der Waals surface area contributed by atoms with Crippen LogP contribution in [-0.2, 0) is 0 Å². The fourth-order valence-corrected chi connectivity index (χ4v) is 1.52. The molecule has 0 saturated carbocycles. The Morgan fingerprint density at radius 1 is 1.38 bits per heavy atom. The molecule has 82 valence electrons. The zero-order valence-electron chi connectivity index (χ0n) is 8.15. The minimum absolute atomic E-state index is 0.0736. The Hall–Kier alpha value is -1.68. The Labute approximate surface area is 96.2 Å². The molecule has 0 amide bonds. The molecule has 2 aromatic rings. The fraction of sp³-hybridized carbons (Fsp3) is 0.0909. The lowest BCUT2D eigenvalue weighted by Crippen LogP contribution is -2.09. The average Bonchev–Trinajstić information content (AvgIpc) is 2.75. The highest BCUT2D eigenvalue weighted by atomic mass is 35.5. The van der Waals surface area contributed by atoms with E-state index in [0.29, 0.717) is 5.56 Å². The van der Waals surface area contributed by atoms with E-state index >= 15 is 0 Å². The SMILES string of the molecule is O=C(c1ccccc1)C(F)c1n[nH]cc1Cl. The summed E-state index contributed by atoms with van der Waals surface area (Å²) >= 11 is 5.68. The highest BCUT2D eigenvalue weighted by molar-refractivity contribution is 6.31. The van der Waals surface area contributed by atoms with Crippen LogP contribution in [0, 0.1) is 0 Å². The van der Waals surface area contributed by atoms with Gasteiger partial charge in [0.05, 0.1) is 5.02 Å². The van der Waals surface area contributed by atoms with Crippen LogP contribution in [-0.4, -0.2) is 16.0 Å². The van der Waals surface area contributed by atoms with Crippen molar-refractivity contribution < 1.29 is 9.18 Å². The minimum atomic E-state index is -1.83. The highest BCUT2D eigenvalue weighted by Gasteiger charge is 2.25. The van der Waals surface area contributed by atoms with Crippen LogP contribution in [0.25, 0.3) is 0 Å². The van der Waals surface area contributed by atoms with E-state index in [4.69, 9.17) is 11.6 Å². The molecule has 1 aromatic heterocycles. The number of nitrogens with zero attached hydrogens (tertiary/aromatic N) is 1. The van der Waals surface area contributed by atoms with Crippen molar-refractivity contribution in [2.24, 2.45) is 0 Å². The molecular weight excluding hydrogens is 231 g/mol. The van der Waals surface area contributed by atoms with Gasteiger partial charge in [-0.05, 0) is 0 Å². The molecule has 0 saturated heterocycles. The molecule has 0 aliphatic heterocycles. The van der Waals surface area contributed by atoms with E-state index in [1.807, 2.05) is 0 Å². The fourth-order valence-electron chi connectivity index (χ4n) is 1.34. The van der Waals surface area contributed by atoms with Gasteiger partial charge in [0.1, 0.15) is 5.69 Å². The number of hydrogen-bond acceptors (Lipinski definition) is 2. The molecule has 2 rings (SSSR count). The molecule has 0 fully saturated rings. The molecule has 0 aliphatic rings. The number of ketones is 1. The molecular formula is C11H8ClFN2O. The van der Waals surface area contributed by atoms with Crippen LogP contribution in [0.15, 0.2) is 36.5 Å². The highest BCUT2D eigenvalue weighted by Crippen LogP contribution is 2.26. The Morgan fingerprint density at radius 2 is 2.06 bits per heavy atom. The van der Waals surface area contributed by atoms with Crippen molar-refractivity contribution in [3.8, 4) is 0 Å². The van der Waals surface area contributed by atoms with Gasteiger partial charge in [-0.15, -0.1) is 0 Å². The van der Waals surface area contributed by atoms with Gasteiger partial charge in [0.15, 0.2) is 0 Å². The first-order chi connectivity index (χ1) is 7.70. The summed E-state index contributed by atoms with van der Waals surface area (Å²) in [7, 11) is 0. The first-order valence-corrected chi connectivity index (χ1v) is 5.00. The van der Waals surface area contributed by atoms with Crippen molar-refractivity contribution in [2.75, 3.05) is 0 Å². The van der Waals surface area contributed by atoms with Crippen LogP contribution < -0.4 is 0 Å². The van der Waals surface area contributed by atoms with Gasteiger partial charge in [0, 0.05) is 11.8 Å². The number of nitrogens with one attached hydrogen (secondary N) is 1. The molecule has 0 spiro atoms. The molecule has 0 radical (unpaired) electrons.